The number of ether oxygens (including phenoxy) is 4. The summed E-state index contributed by atoms with van der Waals surface area (Å²) in [6, 6.07) is 6.02. The van der Waals surface area contributed by atoms with Crippen molar-refractivity contribution in [2.45, 2.75) is 35.2 Å². The summed E-state index contributed by atoms with van der Waals surface area (Å²) in [5, 5.41) is 1.86. The fraction of sp³-hybridized carbons (Fsp3) is 0.455. The lowest BCUT2D eigenvalue weighted by Crippen LogP contribution is -2.70. The summed E-state index contributed by atoms with van der Waals surface area (Å²) < 4.78 is 18.6. The van der Waals surface area contributed by atoms with Gasteiger partial charge in [-0.1, -0.05) is 46.9 Å². The third kappa shape index (κ3) is 7.34. The number of halogens is 3. The number of β-lactam (4-membered cyclic amide) rings is 1. The third-order valence-corrected chi connectivity index (χ3v) is 6.79. The Morgan fingerprint density at radius 2 is 1.83 bits per heavy atom. The SMILES string of the molecule is COc1ccc(COC(=O)C2=C(CCOC(C)=O)CS[C@H]3[C@@H](NC(=O)OCC(Cl)(Cl)Cl)C(=O)N23)cc1. The van der Waals surface area contributed by atoms with Crippen molar-refractivity contribution in [3.05, 3.63) is 41.1 Å². The molecule has 2 aliphatic heterocycles. The van der Waals surface area contributed by atoms with E-state index in [2.05, 4.69) is 5.32 Å². The number of alkyl halides is 3. The molecular formula is C22H23Cl3N2O8S. The molecule has 14 heteroatoms. The first kappa shape index (κ1) is 28.2. The Balaban J connectivity index is 1.71. The monoisotopic (exact) mass is 580 g/mol. The Labute approximate surface area is 226 Å². The van der Waals surface area contributed by atoms with Gasteiger partial charge >= 0.3 is 18.0 Å². The number of thioether (sulfide) groups is 1. The number of carbonyl (C=O) groups excluding carboxylic acids is 4. The van der Waals surface area contributed by atoms with Crippen molar-refractivity contribution in [3.8, 4) is 5.75 Å². The van der Waals surface area contributed by atoms with E-state index in [1.165, 1.54) is 23.6 Å². The molecule has 0 aromatic heterocycles. The highest BCUT2D eigenvalue weighted by molar-refractivity contribution is 8.00. The van der Waals surface area contributed by atoms with Gasteiger partial charge in [0.15, 0.2) is 0 Å². The average Bonchev–Trinajstić information content (AvgIpc) is 2.83. The van der Waals surface area contributed by atoms with Crippen LogP contribution in [0.1, 0.15) is 18.9 Å². The molecule has 2 heterocycles. The lowest BCUT2D eigenvalue weighted by molar-refractivity contribution is -0.152. The molecule has 196 valence electrons. The van der Waals surface area contributed by atoms with E-state index in [0.29, 0.717) is 17.1 Å². The zero-order valence-electron chi connectivity index (χ0n) is 19.3. The molecule has 0 unspecified atom stereocenters. The van der Waals surface area contributed by atoms with Gasteiger partial charge in [-0.05, 0) is 23.3 Å². The number of rotatable bonds is 9. The number of esters is 2. The minimum absolute atomic E-state index is 0.0333. The quantitative estimate of drug-likeness (QED) is 0.203. The van der Waals surface area contributed by atoms with Crippen LogP contribution in [0, 0.1) is 0 Å². The van der Waals surface area contributed by atoms with Crippen molar-refractivity contribution in [2.24, 2.45) is 0 Å². The van der Waals surface area contributed by atoms with Crippen LogP contribution in [0.15, 0.2) is 35.5 Å². The zero-order valence-corrected chi connectivity index (χ0v) is 22.3. The highest BCUT2D eigenvalue weighted by Crippen LogP contribution is 2.41. The molecule has 1 fully saturated rings. The maximum atomic E-state index is 13.1. The highest BCUT2D eigenvalue weighted by atomic mass is 35.6. The van der Waals surface area contributed by atoms with Gasteiger partial charge in [0.1, 0.15) is 36.1 Å². The van der Waals surface area contributed by atoms with Crippen molar-refractivity contribution in [3.63, 3.8) is 0 Å². The molecular weight excluding hydrogens is 559 g/mol. The second kappa shape index (κ2) is 12.3. The Bertz CT molecular complexity index is 1040. The summed E-state index contributed by atoms with van der Waals surface area (Å²) in [6.45, 7) is 0.781. The van der Waals surface area contributed by atoms with Crippen LogP contribution < -0.4 is 10.1 Å². The van der Waals surface area contributed by atoms with Crippen LogP contribution in [0.5, 0.6) is 5.75 Å². The number of hydrogen-bond acceptors (Lipinski definition) is 9. The summed E-state index contributed by atoms with van der Waals surface area (Å²) in [6.07, 6.45) is -0.701. The Morgan fingerprint density at radius 1 is 1.14 bits per heavy atom. The molecule has 1 N–H and O–H groups in total. The maximum absolute atomic E-state index is 13.1. The lowest BCUT2D eigenvalue weighted by Gasteiger charge is -2.49. The van der Waals surface area contributed by atoms with Crippen molar-refractivity contribution >= 4 is 70.5 Å². The molecule has 0 spiro atoms. The molecule has 0 aliphatic carbocycles. The number of fused-ring (bicyclic) bond motifs is 1. The zero-order chi connectivity index (χ0) is 26.5. The second-order valence-corrected chi connectivity index (χ2v) is 11.3. The average molecular weight is 582 g/mol. The smallest absolute Gasteiger partial charge is 0.408 e. The van der Waals surface area contributed by atoms with Crippen LogP contribution in [-0.4, -0.2) is 70.1 Å². The van der Waals surface area contributed by atoms with E-state index in [1.807, 2.05) is 0 Å². The molecule has 1 aromatic carbocycles. The molecule has 2 amide bonds. The molecule has 0 bridgehead atoms. The van der Waals surface area contributed by atoms with Gasteiger partial charge in [-0.3, -0.25) is 14.5 Å². The number of methoxy groups -OCH3 is 1. The topological polar surface area (TPSA) is 120 Å². The summed E-state index contributed by atoms with van der Waals surface area (Å²) >= 11 is 18.1. The fourth-order valence-corrected chi connectivity index (χ4v) is 4.99. The molecule has 36 heavy (non-hydrogen) atoms. The summed E-state index contributed by atoms with van der Waals surface area (Å²) in [4.78, 5) is 50.5. The van der Waals surface area contributed by atoms with Gasteiger partial charge < -0.3 is 24.3 Å². The van der Waals surface area contributed by atoms with Crippen LogP contribution in [0.4, 0.5) is 4.79 Å². The van der Waals surface area contributed by atoms with Crippen LogP contribution in [0.25, 0.3) is 0 Å². The number of carbonyl (C=O) groups is 4. The number of benzene rings is 1. The van der Waals surface area contributed by atoms with Gasteiger partial charge in [-0.25, -0.2) is 9.59 Å². The Kier molecular flexibility index (Phi) is 9.62. The number of amides is 2. The first-order valence-corrected chi connectivity index (χ1v) is 12.8. The summed E-state index contributed by atoms with van der Waals surface area (Å²) in [5.74, 6) is -0.689. The summed E-state index contributed by atoms with van der Waals surface area (Å²) in [7, 11) is 1.54. The predicted molar refractivity (Wildman–Crippen MR) is 133 cm³/mol. The number of nitrogens with zero attached hydrogens (tertiary/aromatic N) is 1. The molecule has 0 radical (unpaired) electrons. The first-order chi connectivity index (χ1) is 17.0. The normalized spacial score (nSPS) is 19.1. The van der Waals surface area contributed by atoms with Crippen molar-refractivity contribution in [1.82, 2.24) is 10.2 Å². The van der Waals surface area contributed by atoms with Crippen LogP contribution >= 0.6 is 46.6 Å². The van der Waals surface area contributed by atoms with Crippen molar-refractivity contribution in [2.75, 3.05) is 26.1 Å². The third-order valence-electron chi connectivity index (χ3n) is 5.12. The van der Waals surface area contributed by atoms with E-state index >= 15 is 0 Å². The number of hydrogen-bond donors (Lipinski definition) is 1. The highest BCUT2D eigenvalue weighted by Gasteiger charge is 2.54. The molecule has 3 rings (SSSR count). The standard InChI is InChI=1S/C22H23Cl3N2O8S/c1-12(28)33-8-7-14-10-36-19-16(26-21(31)35-11-22(23,24)25)18(29)27(19)17(14)20(30)34-9-13-3-5-15(32-2)6-4-13/h3-6,16,19H,7-11H2,1-2H3,(H,26,31)/t16-,19-/m0/s1. The summed E-state index contributed by atoms with van der Waals surface area (Å²) in [5.41, 5.74) is 1.37. The van der Waals surface area contributed by atoms with Crippen molar-refractivity contribution in [1.29, 1.82) is 0 Å². The molecule has 1 aromatic rings. The molecule has 0 saturated carbocycles. The van der Waals surface area contributed by atoms with E-state index in [-0.39, 0.29) is 25.3 Å². The minimum Gasteiger partial charge on any atom is -0.497 e. The van der Waals surface area contributed by atoms with Gasteiger partial charge in [0.25, 0.3) is 5.91 Å². The fourth-order valence-electron chi connectivity index (χ4n) is 3.44. The van der Waals surface area contributed by atoms with Gasteiger partial charge in [-0.2, -0.15) is 0 Å². The van der Waals surface area contributed by atoms with E-state index in [0.717, 1.165) is 5.56 Å². The predicted octanol–water partition coefficient (Wildman–Crippen LogP) is 3.33. The molecule has 2 aliphatic rings. The van der Waals surface area contributed by atoms with Gasteiger partial charge in [0.2, 0.25) is 3.79 Å². The Morgan fingerprint density at radius 3 is 2.44 bits per heavy atom. The molecule has 1 saturated heterocycles. The van der Waals surface area contributed by atoms with Crippen molar-refractivity contribution < 1.29 is 38.1 Å². The first-order valence-electron chi connectivity index (χ1n) is 10.6. The lowest BCUT2D eigenvalue weighted by atomic mass is 10.0. The van der Waals surface area contributed by atoms with E-state index in [4.69, 9.17) is 53.8 Å². The second-order valence-electron chi connectivity index (χ2n) is 7.69. The number of nitrogens with one attached hydrogen (secondary N) is 1. The van der Waals surface area contributed by atoms with E-state index < -0.39 is 45.8 Å². The van der Waals surface area contributed by atoms with Gasteiger partial charge in [0.05, 0.1) is 13.7 Å². The van der Waals surface area contributed by atoms with E-state index in [9.17, 15) is 19.2 Å². The largest absolute Gasteiger partial charge is 0.497 e. The van der Waals surface area contributed by atoms with Gasteiger partial charge in [-0.15, -0.1) is 11.8 Å². The molecule has 10 nitrogen and oxygen atoms in total. The number of alkyl carbamates (subject to hydrolysis) is 1. The molecule has 2 atom stereocenters. The maximum Gasteiger partial charge on any atom is 0.408 e. The van der Waals surface area contributed by atoms with Crippen LogP contribution in [-0.2, 0) is 35.2 Å². The minimum atomic E-state index is -1.80. The Hall–Kier alpha value is -2.34. The van der Waals surface area contributed by atoms with Crippen LogP contribution in [0.2, 0.25) is 0 Å². The van der Waals surface area contributed by atoms with E-state index in [1.54, 1.807) is 31.4 Å². The van der Waals surface area contributed by atoms with Crippen LogP contribution in [0.3, 0.4) is 0 Å². The van der Waals surface area contributed by atoms with Gasteiger partial charge in [0, 0.05) is 19.1 Å².